The molecule has 4 saturated heterocycles. The van der Waals surface area contributed by atoms with Crippen LogP contribution in [-0.2, 0) is 14.9 Å². The summed E-state index contributed by atoms with van der Waals surface area (Å²) in [5.41, 5.74) is 0.327. The van der Waals surface area contributed by atoms with Crippen molar-refractivity contribution in [2.75, 3.05) is 33.4 Å². The third-order valence-corrected chi connectivity index (χ3v) is 10.8. The van der Waals surface area contributed by atoms with E-state index in [-0.39, 0.29) is 24.0 Å². The number of piperazine rings is 1. The molecule has 1 aliphatic carbocycles. The van der Waals surface area contributed by atoms with Gasteiger partial charge >= 0.3 is 0 Å². The Labute approximate surface area is 207 Å². The zero-order chi connectivity index (χ0) is 24.2. The van der Waals surface area contributed by atoms with Gasteiger partial charge in [-0.1, -0.05) is 5.16 Å². The predicted octanol–water partition coefficient (Wildman–Crippen LogP) is 1.71. The Kier molecular flexibility index (Phi) is 6.41. The lowest BCUT2D eigenvalue weighted by molar-refractivity contribution is 0.0849. The molecule has 10 nitrogen and oxygen atoms in total. The van der Waals surface area contributed by atoms with Gasteiger partial charge in [0.1, 0.15) is 5.76 Å². The molecule has 0 spiro atoms. The highest BCUT2D eigenvalue weighted by Gasteiger charge is 2.51. The predicted molar refractivity (Wildman–Crippen MR) is 128 cm³/mol. The third kappa shape index (κ3) is 4.54. The van der Waals surface area contributed by atoms with Crippen LogP contribution in [0.3, 0.4) is 0 Å². The number of carbonyl (C=O) groups excluding carboxylic acids is 1. The summed E-state index contributed by atoms with van der Waals surface area (Å²) in [6, 6.07) is 2.21. The fourth-order valence-corrected chi connectivity index (χ4v) is 9.00. The number of nitrogens with zero attached hydrogens (tertiary/aromatic N) is 4. The van der Waals surface area contributed by atoms with Gasteiger partial charge in [-0.2, -0.15) is 17.0 Å². The number of methoxy groups -OCH3 is 1. The number of amides is 1. The number of ether oxygens (including phenoxy) is 1. The van der Waals surface area contributed by atoms with Gasteiger partial charge in [-0.05, 0) is 57.8 Å². The third-order valence-electron chi connectivity index (χ3n) is 8.70. The molecule has 1 aromatic rings. The number of hydrogen-bond donors (Lipinski definition) is 1. The van der Waals surface area contributed by atoms with Gasteiger partial charge in [0.15, 0.2) is 5.69 Å². The maximum Gasteiger partial charge on any atom is 0.282 e. The van der Waals surface area contributed by atoms with Gasteiger partial charge in [0.2, 0.25) is 0 Å². The van der Waals surface area contributed by atoms with Crippen molar-refractivity contribution in [1.82, 2.24) is 24.0 Å². The van der Waals surface area contributed by atoms with Crippen LogP contribution in [0.5, 0.6) is 0 Å². The van der Waals surface area contributed by atoms with E-state index in [9.17, 15) is 13.2 Å². The number of aromatic nitrogens is 1. The average Bonchev–Trinajstić information content (AvgIpc) is 3.43. The average molecular weight is 508 g/mol. The molecule has 11 heteroatoms. The van der Waals surface area contributed by atoms with E-state index in [1.165, 1.54) is 0 Å². The molecule has 6 rings (SSSR count). The lowest BCUT2D eigenvalue weighted by Crippen LogP contribution is -2.61. The Morgan fingerprint density at radius 2 is 1.74 bits per heavy atom. The van der Waals surface area contributed by atoms with E-state index in [1.807, 2.05) is 0 Å². The summed E-state index contributed by atoms with van der Waals surface area (Å²) in [5, 5.41) is 7.05. The van der Waals surface area contributed by atoms with Crippen molar-refractivity contribution in [3.8, 4) is 0 Å². The first-order chi connectivity index (χ1) is 16.9. The molecule has 4 bridgehead atoms. The minimum absolute atomic E-state index is 0.0404. The minimum atomic E-state index is -3.52. The van der Waals surface area contributed by atoms with Crippen LogP contribution in [0.2, 0.25) is 0 Å². The summed E-state index contributed by atoms with van der Waals surface area (Å²) in [6.45, 7) is 2.88. The smallest absolute Gasteiger partial charge is 0.282 e. The molecular formula is C24H37N5O5S. The van der Waals surface area contributed by atoms with E-state index in [0.717, 1.165) is 63.9 Å². The maximum atomic E-state index is 13.8. The van der Waals surface area contributed by atoms with Gasteiger partial charge in [-0.3, -0.25) is 9.69 Å². The number of piperidine rings is 1. The minimum Gasteiger partial charge on any atom is -0.385 e. The van der Waals surface area contributed by atoms with Crippen molar-refractivity contribution >= 4 is 16.1 Å². The summed E-state index contributed by atoms with van der Waals surface area (Å²) in [5.74, 6) is 0.988. The second-order valence-electron chi connectivity index (χ2n) is 11.0. The zero-order valence-electron chi connectivity index (χ0n) is 20.5. The normalized spacial score (nSPS) is 33.9. The molecule has 0 aromatic carbocycles. The first-order valence-corrected chi connectivity index (χ1v) is 14.6. The van der Waals surface area contributed by atoms with Crippen LogP contribution in [0.25, 0.3) is 0 Å². The molecule has 35 heavy (non-hydrogen) atoms. The van der Waals surface area contributed by atoms with Gasteiger partial charge in [0.25, 0.3) is 16.1 Å². The summed E-state index contributed by atoms with van der Waals surface area (Å²) in [7, 11) is -1.80. The fourth-order valence-electron chi connectivity index (χ4n) is 6.87. The van der Waals surface area contributed by atoms with Crippen LogP contribution in [0.15, 0.2) is 10.6 Å². The van der Waals surface area contributed by atoms with Crippen molar-refractivity contribution in [2.45, 2.75) is 93.9 Å². The highest BCUT2D eigenvalue weighted by Crippen LogP contribution is 2.42. The molecule has 5 heterocycles. The van der Waals surface area contributed by atoms with Gasteiger partial charge in [-0.25, -0.2) is 0 Å². The van der Waals surface area contributed by atoms with E-state index in [2.05, 4.69) is 15.4 Å². The van der Waals surface area contributed by atoms with E-state index in [1.54, 1.807) is 21.8 Å². The van der Waals surface area contributed by atoms with Crippen LogP contribution >= 0.6 is 0 Å². The topological polar surface area (TPSA) is 108 Å². The largest absolute Gasteiger partial charge is 0.385 e. The highest BCUT2D eigenvalue weighted by molar-refractivity contribution is 7.86. The molecule has 1 saturated carbocycles. The van der Waals surface area contributed by atoms with Gasteiger partial charge in [0, 0.05) is 75.5 Å². The Morgan fingerprint density at radius 3 is 2.37 bits per heavy atom. The monoisotopic (exact) mass is 507 g/mol. The first-order valence-electron chi connectivity index (χ1n) is 13.2. The lowest BCUT2D eigenvalue weighted by atomic mass is 9.99. The van der Waals surface area contributed by atoms with Gasteiger partial charge < -0.3 is 14.6 Å². The number of hydrogen-bond acceptors (Lipinski definition) is 7. The molecule has 5 fully saturated rings. The quantitative estimate of drug-likeness (QED) is 0.507. The molecule has 0 radical (unpaired) electrons. The fraction of sp³-hybridized carbons (Fsp3) is 0.833. The molecule has 4 aliphatic heterocycles. The lowest BCUT2D eigenvalue weighted by Gasteiger charge is -2.45. The molecule has 1 N–H and O–H groups in total. The maximum absolute atomic E-state index is 13.8. The van der Waals surface area contributed by atoms with Gasteiger partial charge in [-0.15, -0.1) is 0 Å². The standard InChI is InChI=1S/C24H37N5O5S/c1-33-10-2-9-28-20-7-8-21(28)15-27(14-20)35(31,32)29-18-5-6-19(29)12-17(11-18)25-24(30)22-13-23(34-26-22)16-3-4-16/h13,16-21H,2-12,14-15H2,1H3,(H,25,30)/t17-,18+,19-,20?,21?. The zero-order valence-corrected chi connectivity index (χ0v) is 21.3. The van der Waals surface area contributed by atoms with Crippen LogP contribution < -0.4 is 5.32 Å². The van der Waals surface area contributed by atoms with Crippen molar-refractivity contribution in [3.05, 3.63) is 17.5 Å². The van der Waals surface area contributed by atoms with Crippen molar-refractivity contribution in [1.29, 1.82) is 0 Å². The Bertz CT molecular complexity index is 1010. The molecule has 5 aliphatic rings. The Morgan fingerprint density at radius 1 is 1.09 bits per heavy atom. The SMILES string of the molecule is COCCCN1C2CCC1CN(S(=O)(=O)N1[C@@H]3CC[C@H]1C[C@@H](NC(=O)c1cc(C4CC4)on1)C3)C2. The van der Waals surface area contributed by atoms with Crippen molar-refractivity contribution in [3.63, 3.8) is 0 Å². The molecule has 2 unspecified atom stereocenters. The molecule has 1 amide bonds. The molecular weight excluding hydrogens is 470 g/mol. The number of carbonyl (C=O) groups is 1. The summed E-state index contributed by atoms with van der Waals surface area (Å²) < 4.78 is 41.7. The van der Waals surface area contributed by atoms with Gasteiger partial charge in [0.05, 0.1) is 0 Å². The molecule has 1 aromatic heterocycles. The summed E-state index contributed by atoms with van der Waals surface area (Å²) >= 11 is 0. The van der Waals surface area contributed by atoms with Crippen LogP contribution in [0.1, 0.15) is 80.0 Å². The number of nitrogens with one attached hydrogen (secondary N) is 1. The highest BCUT2D eigenvalue weighted by atomic mass is 32.2. The van der Waals surface area contributed by atoms with Crippen LogP contribution in [-0.4, -0.2) is 96.6 Å². The summed E-state index contributed by atoms with van der Waals surface area (Å²) in [4.78, 5) is 15.2. The molecule has 5 atom stereocenters. The first kappa shape index (κ1) is 23.8. The van der Waals surface area contributed by atoms with E-state index in [4.69, 9.17) is 9.26 Å². The molecule has 194 valence electrons. The number of rotatable bonds is 9. The second kappa shape index (κ2) is 9.41. The Balaban J connectivity index is 1.08. The summed E-state index contributed by atoms with van der Waals surface area (Å²) in [6.07, 6.45) is 8.32. The van der Waals surface area contributed by atoms with Crippen LogP contribution in [0, 0.1) is 0 Å². The van der Waals surface area contributed by atoms with E-state index >= 15 is 0 Å². The van der Waals surface area contributed by atoms with E-state index < -0.39 is 10.2 Å². The Hall–Kier alpha value is -1.53. The van der Waals surface area contributed by atoms with Crippen LogP contribution in [0.4, 0.5) is 0 Å². The number of fused-ring (bicyclic) bond motifs is 4. The van der Waals surface area contributed by atoms with Crippen molar-refractivity contribution < 1.29 is 22.5 Å². The van der Waals surface area contributed by atoms with Crippen molar-refractivity contribution in [2.24, 2.45) is 0 Å². The second-order valence-corrected chi connectivity index (χ2v) is 12.9. The van der Waals surface area contributed by atoms with E-state index in [0.29, 0.717) is 49.6 Å².